The fourth-order valence-corrected chi connectivity index (χ4v) is 7.22. The Morgan fingerprint density at radius 1 is 0.440 bits per heavy atom. The van der Waals surface area contributed by atoms with E-state index in [-0.39, 0.29) is 38.2 Å². The van der Waals surface area contributed by atoms with Gasteiger partial charge in [0.25, 0.3) is 0 Å². The summed E-state index contributed by atoms with van der Waals surface area (Å²) in [6, 6.07) is 26.3. The lowest BCUT2D eigenvalue weighted by molar-refractivity contribution is 0.670. The van der Waals surface area contributed by atoms with Crippen LogP contribution in [0.2, 0.25) is 0 Å². The second-order valence-electron chi connectivity index (χ2n) is 12.2. The highest BCUT2D eigenvalue weighted by atomic mass is 16.3. The summed E-state index contributed by atoms with van der Waals surface area (Å²) < 4.78 is 121. The van der Waals surface area contributed by atoms with Crippen LogP contribution >= 0.6 is 0 Å². The molecule has 0 spiro atoms. The molecule has 0 bridgehead atoms. The first-order valence-corrected chi connectivity index (χ1v) is 16.2. The highest BCUT2D eigenvalue weighted by molar-refractivity contribution is 6.16. The molecule has 0 amide bonds. The summed E-state index contributed by atoms with van der Waals surface area (Å²) in [7, 11) is 0. The van der Waals surface area contributed by atoms with Crippen molar-refractivity contribution in [3.63, 3.8) is 0 Å². The fourth-order valence-electron chi connectivity index (χ4n) is 7.22. The van der Waals surface area contributed by atoms with E-state index in [9.17, 15) is 5.48 Å². The van der Waals surface area contributed by atoms with Crippen molar-refractivity contribution >= 4 is 54.3 Å². The Balaban J connectivity index is 1.25. The second-order valence-corrected chi connectivity index (χ2v) is 12.2. The van der Waals surface area contributed by atoms with Crippen LogP contribution in [0.4, 0.5) is 0 Å². The van der Waals surface area contributed by atoms with Gasteiger partial charge in [0, 0.05) is 16.3 Å². The lowest BCUT2D eigenvalue weighted by Gasteiger charge is -2.18. The number of para-hydroxylation sites is 1. The van der Waals surface area contributed by atoms with Gasteiger partial charge in [-0.3, -0.25) is 0 Å². The van der Waals surface area contributed by atoms with E-state index in [1.807, 2.05) is 54.6 Å². The molecular formula is C49H32O. The molecule has 0 N–H and O–H groups in total. The molecule has 0 saturated heterocycles. The first-order valence-electron chi connectivity index (χ1n) is 22.7. The Morgan fingerprint density at radius 3 is 1.88 bits per heavy atom. The van der Waals surface area contributed by atoms with Crippen LogP contribution < -0.4 is 0 Å². The van der Waals surface area contributed by atoms with Crippen LogP contribution in [0.1, 0.15) is 28.9 Å². The minimum absolute atomic E-state index is 0.0210. The van der Waals surface area contributed by atoms with Crippen LogP contribution in [-0.2, 0) is 6.42 Å². The van der Waals surface area contributed by atoms with E-state index in [0.29, 0.717) is 27.9 Å². The van der Waals surface area contributed by atoms with Crippen molar-refractivity contribution in [3.8, 4) is 33.4 Å². The van der Waals surface area contributed by atoms with Gasteiger partial charge < -0.3 is 4.42 Å². The molecule has 0 aliphatic rings. The van der Waals surface area contributed by atoms with Crippen LogP contribution in [-0.4, -0.2) is 0 Å². The molecule has 0 saturated carbocycles. The van der Waals surface area contributed by atoms with E-state index in [0.717, 1.165) is 32.7 Å². The molecule has 1 heteroatoms. The number of benzene rings is 9. The average Bonchev–Trinajstić information content (AvgIpc) is 3.68. The number of fused-ring (bicyclic) bond motifs is 6. The standard InChI is InChI=1S/C49H32O/c1-2-13-32(14-3-1)29-46-40-20-6-8-22-43(40)48(44-23-9-7-21-41(44)46)36-18-10-17-34(30-36)39-25-12-26-45-42-28-27-35(31-47(42)50-49(39)45)38-24-11-16-33-15-4-5-19-37(33)38/h1-28,30-31H,29H2/i1D,2D,3D,6D,7D,8D,9D,13D,14D,20D,21D,22D,23D. The topological polar surface area (TPSA) is 13.1 Å². The van der Waals surface area contributed by atoms with Gasteiger partial charge in [0.1, 0.15) is 11.2 Å². The van der Waals surface area contributed by atoms with Gasteiger partial charge in [-0.2, -0.15) is 0 Å². The third-order valence-electron chi connectivity index (χ3n) is 9.45. The van der Waals surface area contributed by atoms with E-state index >= 15 is 0 Å². The van der Waals surface area contributed by atoms with Gasteiger partial charge in [-0.05, 0) is 95.9 Å². The summed E-state index contributed by atoms with van der Waals surface area (Å²) in [5.41, 5.74) is 5.02. The van der Waals surface area contributed by atoms with Gasteiger partial charge >= 0.3 is 0 Å². The predicted octanol–water partition coefficient (Wildman–Crippen LogP) is 13.6. The van der Waals surface area contributed by atoms with E-state index in [2.05, 4.69) is 30.3 Å². The first kappa shape index (κ1) is 18.4. The largest absolute Gasteiger partial charge is 0.455 e. The molecule has 9 aromatic carbocycles. The van der Waals surface area contributed by atoms with Crippen LogP contribution in [0.3, 0.4) is 0 Å². The van der Waals surface area contributed by atoms with E-state index in [1.54, 1.807) is 18.2 Å². The van der Waals surface area contributed by atoms with Gasteiger partial charge in [-0.25, -0.2) is 0 Å². The van der Waals surface area contributed by atoms with Crippen LogP contribution in [0, 0.1) is 0 Å². The van der Waals surface area contributed by atoms with Gasteiger partial charge in [0.05, 0.1) is 17.8 Å². The highest BCUT2D eigenvalue weighted by Gasteiger charge is 2.18. The summed E-state index contributed by atoms with van der Waals surface area (Å²) in [5.74, 6) is 0. The Morgan fingerprint density at radius 2 is 1.06 bits per heavy atom. The predicted molar refractivity (Wildman–Crippen MR) is 212 cm³/mol. The summed E-state index contributed by atoms with van der Waals surface area (Å²) >= 11 is 0. The van der Waals surface area contributed by atoms with E-state index in [4.69, 9.17) is 16.8 Å². The molecule has 234 valence electrons. The third-order valence-corrected chi connectivity index (χ3v) is 9.45. The number of hydrogen-bond donors (Lipinski definition) is 0. The molecule has 1 heterocycles. The molecule has 0 aliphatic carbocycles. The smallest absolute Gasteiger partial charge is 0.143 e. The average molecular weight is 650 g/mol. The van der Waals surface area contributed by atoms with Crippen molar-refractivity contribution in [2.45, 2.75) is 6.42 Å². The second kappa shape index (κ2) is 11.6. The van der Waals surface area contributed by atoms with Crippen LogP contribution in [0.15, 0.2) is 186 Å². The molecule has 10 aromatic rings. The van der Waals surface area contributed by atoms with Crippen molar-refractivity contribution in [2.24, 2.45) is 0 Å². The zero-order valence-corrected chi connectivity index (χ0v) is 26.4. The Kier molecular flexibility index (Phi) is 4.26. The monoisotopic (exact) mass is 649 g/mol. The SMILES string of the molecule is [2H]c1c([2H])c([2H])c(Cc2c3c([2H])c([2H])c([2H])c([2H])c3c(-c3cccc(-c4cccc5c4oc4cc(-c6cccc7ccccc67)ccc45)c3)c3c([2H])c([2H])c([2H])c([2H])c23)c([2H])c1[2H]. The normalized spacial score (nSPS) is 15.3. The fraction of sp³-hybridized carbons (Fsp3) is 0.0204. The molecule has 0 atom stereocenters. The molecule has 10 rings (SSSR count). The Bertz CT molecular complexity index is 3530. The first-order chi connectivity index (χ1) is 30.2. The highest BCUT2D eigenvalue weighted by Crippen LogP contribution is 2.43. The van der Waals surface area contributed by atoms with Crippen molar-refractivity contribution < 1.29 is 22.2 Å². The maximum absolute atomic E-state index is 9.32. The lowest BCUT2D eigenvalue weighted by atomic mass is 9.85. The number of hydrogen-bond acceptors (Lipinski definition) is 1. The molecular weight excluding hydrogens is 605 g/mol. The summed E-state index contributed by atoms with van der Waals surface area (Å²) in [4.78, 5) is 0. The minimum atomic E-state index is -0.619. The van der Waals surface area contributed by atoms with Crippen molar-refractivity contribution in [2.75, 3.05) is 0 Å². The van der Waals surface area contributed by atoms with Crippen LogP contribution in [0.5, 0.6) is 0 Å². The van der Waals surface area contributed by atoms with E-state index in [1.165, 1.54) is 0 Å². The molecule has 1 aromatic heterocycles. The lowest BCUT2D eigenvalue weighted by Crippen LogP contribution is -1.95. The van der Waals surface area contributed by atoms with E-state index < -0.39 is 85.0 Å². The Hall–Kier alpha value is -6.44. The summed E-state index contributed by atoms with van der Waals surface area (Å²) in [6.45, 7) is 0. The summed E-state index contributed by atoms with van der Waals surface area (Å²) in [5, 5.41) is 3.75. The van der Waals surface area contributed by atoms with Gasteiger partial charge in [-0.15, -0.1) is 0 Å². The third kappa shape index (κ3) is 4.63. The maximum atomic E-state index is 9.32. The molecule has 50 heavy (non-hydrogen) atoms. The van der Waals surface area contributed by atoms with Crippen molar-refractivity contribution in [3.05, 3.63) is 193 Å². The number of furan rings is 1. The van der Waals surface area contributed by atoms with Crippen molar-refractivity contribution in [1.29, 1.82) is 0 Å². The molecule has 0 fully saturated rings. The van der Waals surface area contributed by atoms with Gasteiger partial charge in [0.2, 0.25) is 0 Å². The van der Waals surface area contributed by atoms with Gasteiger partial charge in [-0.1, -0.05) is 163 Å². The number of rotatable bonds is 5. The van der Waals surface area contributed by atoms with Gasteiger partial charge in [0.15, 0.2) is 0 Å². The zero-order chi connectivity index (χ0) is 44.3. The molecule has 0 radical (unpaired) electrons. The molecule has 0 aliphatic heterocycles. The molecule has 0 unspecified atom stereocenters. The van der Waals surface area contributed by atoms with Crippen LogP contribution in [0.25, 0.3) is 87.6 Å². The molecule has 1 nitrogen and oxygen atoms in total. The Labute approximate surface area is 308 Å². The maximum Gasteiger partial charge on any atom is 0.143 e. The quantitative estimate of drug-likeness (QED) is 0.169. The summed E-state index contributed by atoms with van der Waals surface area (Å²) in [6.07, 6.45) is -0.497. The zero-order valence-electron chi connectivity index (χ0n) is 39.4. The minimum Gasteiger partial charge on any atom is -0.455 e. The van der Waals surface area contributed by atoms with Crippen molar-refractivity contribution in [1.82, 2.24) is 0 Å².